The first-order valence-electron chi connectivity index (χ1n) is 10.4. The second-order valence-corrected chi connectivity index (χ2v) is 8.71. The van der Waals surface area contributed by atoms with Crippen LogP contribution in [0.2, 0.25) is 0 Å². The molecule has 0 amide bonds. The SMILES string of the molecule is COC(=O)C[C@@H]1CCC[C@H]1NC(c1ccccc1OC(F)F)c1nnnn1C(C)(C)C. The maximum atomic E-state index is 13.1. The first kappa shape index (κ1) is 23.1. The highest BCUT2D eigenvalue weighted by Gasteiger charge is 2.35. The summed E-state index contributed by atoms with van der Waals surface area (Å²) in [5, 5.41) is 15.7. The number of hydrogen-bond donors (Lipinski definition) is 1. The summed E-state index contributed by atoms with van der Waals surface area (Å²) in [6.07, 6.45) is 2.96. The van der Waals surface area contributed by atoms with Crippen LogP contribution < -0.4 is 10.1 Å². The Bertz CT molecular complexity index is 884. The quantitative estimate of drug-likeness (QED) is 0.633. The van der Waals surface area contributed by atoms with E-state index in [1.165, 1.54) is 13.2 Å². The van der Waals surface area contributed by atoms with Crippen molar-refractivity contribution >= 4 is 5.97 Å². The molecular formula is C21H29F2N5O3. The molecule has 1 aromatic carbocycles. The first-order valence-corrected chi connectivity index (χ1v) is 10.4. The van der Waals surface area contributed by atoms with Crippen LogP contribution in [0.15, 0.2) is 24.3 Å². The third kappa shape index (κ3) is 5.55. The molecule has 10 heteroatoms. The Morgan fingerprint density at radius 3 is 2.71 bits per heavy atom. The molecule has 0 saturated heterocycles. The number of benzene rings is 1. The number of hydrogen-bond acceptors (Lipinski definition) is 7. The number of tetrazole rings is 1. The molecule has 1 aliphatic rings. The predicted octanol–water partition coefficient (Wildman–Crippen LogP) is 3.44. The maximum Gasteiger partial charge on any atom is 0.387 e. The van der Waals surface area contributed by atoms with Gasteiger partial charge in [0.25, 0.3) is 0 Å². The molecular weight excluding hydrogens is 408 g/mol. The van der Waals surface area contributed by atoms with Crippen LogP contribution in [0.1, 0.15) is 63.9 Å². The average molecular weight is 437 g/mol. The fourth-order valence-electron chi connectivity index (χ4n) is 4.09. The van der Waals surface area contributed by atoms with Crippen molar-refractivity contribution in [3.8, 4) is 5.75 Å². The molecule has 170 valence electrons. The number of nitrogens with one attached hydrogen (secondary N) is 1. The standard InChI is InChI=1S/C21H29F2N5O3/c1-21(2,3)28-19(25-26-27-28)18(14-9-5-6-11-16(14)31-20(22)23)24-15-10-7-8-13(15)12-17(29)30-4/h5-6,9,11,13,15,18,20,24H,7-8,10,12H2,1-4H3/t13-,15+,18?/m0/s1. The van der Waals surface area contributed by atoms with E-state index in [-0.39, 0.29) is 23.7 Å². The summed E-state index contributed by atoms with van der Waals surface area (Å²) in [6.45, 7) is 2.92. The molecule has 0 spiro atoms. The van der Waals surface area contributed by atoms with Gasteiger partial charge in [-0.25, -0.2) is 4.68 Å². The molecule has 31 heavy (non-hydrogen) atoms. The van der Waals surface area contributed by atoms with E-state index in [0.717, 1.165) is 19.3 Å². The Balaban J connectivity index is 2.01. The maximum absolute atomic E-state index is 13.1. The van der Waals surface area contributed by atoms with Crippen molar-refractivity contribution in [3.05, 3.63) is 35.7 Å². The summed E-state index contributed by atoms with van der Waals surface area (Å²) in [5.74, 6) is 0.343. The van der Waals surface area contributed by atoms with Gasteiger partial charge in [-0.05, 0) is 56.0 Å². The highest BCUT2D eigenvalue weighted by atomic mass is 19.3. The van der Waals surface area contributed by atoms with Gasteiger partial charge in [-0.1, -0.05) is 24.6 Å². The zero-order chi connectivity index (χ0) is 22.6. The van der Waals surface area contributed by atoms with Gasteiger partial charge >= 0.3 is 12.6 Å². The summed E-state index contributed by atoms with van der Waals surface area (Å²) in [5.41, 5.74) is 0.0741. The van der Waals surface area contributed by atoms with Gasteiger partial charge in [0.05, 0.1) is 18.7 Å². The fourth-order valence-corrected chi connectivity index (χ4v) is 4.09. The van der Waals surface area contributed by atoms with Gasteiger partial charge in [-0.3, -0.25) is 4.79 Å². The minimum absolute atomic E-state index is 0.0335. The lowest BCUT2D eigenvalue weighted by molar-refractivity contribution is -0.141. The second kappa shape index (κ2) is 9.67. The van der Waals surface area contributed by atoms with Gasteiger partial charge in [-0.2, -0.15) is 8.78 Å². The Kier molecular flexibility index (Phi) is 7.19. The average Bonchev–Trinajstić information content (AvgIpc) is 3.35. The fraction of sp³-hybridized carbons (Fsp3) is 0.619. The summed E-state index contributed by atoms with van der Waals surface area (Å²) < 4.78 is 37.5. The van der Waals surface area contributed by atoms with Crippen LogP contribution in [-0.4, -0.2) is 45.9 Å². The van der Waals surface area contributed by atoms with Crippen molar-refractivity contribution in [2.75, 3.05) is 7.11 Å². The van der Waals surface area contributed by atoms with Crippen LogP contribution in [0, 0.1) is 5.92 Å². The molecule has 0 aliphatic heterocycles. The van der Waals surface area contributed by atoms with Crippen LogP contribution in [0.25, 0.3) is 0 Å². The lowest BCUT2D eigenvalue weighted by atomic mass is 9.96. The molecule has 3 atom stereocenters. The molecule has 8 nitrogen and oxygen atoms in total. The Morgan fingerprint density at radius 2 is 2.03 bits per heavy atom. The predicted molar refractivity (Wildman–Crippen MR) is 109 cm³/mol. The van der Waals surface area contributed by atoms with Crippen molar-refractivity contribution in [1.82, 2.24) is 25.5 Å². The van der Waals surface area contributed by atoms with Crippen molar-refractivity contribution < 1.29 is 23.0 Å². The molecule has 1 aliphatic carbocycles. The number of carbonyl (C=O) groups is 1. The van der Waals surface area contributed by atoms with Crippen LogP contribution in [0.4, 0.5) is 8.78 Å². The summed E-state index contributed by atoms with van der Waals surface area (Å²) in [6, 6.07) is 5.99. The molecule has 1 aromatic heterocycles. The molecule has 1 N–H and O–H groups in total. The van der Waals surface area contributed by atoms with E-state index in [1.54, 1.807) is 22.9 Å². The Morgan fingerprint density at radius 1 is 1.29 bits per heavy atom. The smallest absolute Gasteiger partial charge is 0.387 e. The van der Waals surface area contributed by atoms with Gasteiger partial charge in [0.15, 0.2) is 5.82 Å². The van der Waals surface area contributed by atoms with Crippen LogP contribution in [0.5, 0.6) is 5.75 Å². The molecule has 0 radical (unpaired) electrons. The number of halogens is 2. The zero-order valence-corrected chi connectivity index (χ0v) is 18.2. The van der Waals surface area contributed by atoms with E-state index >= 15 is 0 Å². The van der Waals surface area contributed by atoms with Gasteiger partial charge in [0.2, 0.25) is 0 Å². The molecule has 1 fully saturated rings. The molecule has 3 rings (SSSR count). The minimum Gasteiger partial charge on any atom is -0.469 e. The lowest BCUT2D eigenvalue weighted by Gasteiger charge is -2.30. The van der Waals surface area contributed by atoms with Crippen LogP contribution in [0.3, 0.4) is 0 Å². The van der Waals surface area contributed by atoms with Crippen LogP contribution >= 0.6 is 0 Å². The lowest BCUT2D eigenvalue weighted by Crippen LogP contribution is -2.40. The van der Waals surface area contributed by atoms with E-state index in [9.17, 15) is 13.6 Å². The number of para-hydroxylation sites is 1. The number of carbonyl (C=O) groups excluding carboxylic acids is 1. The number of nitrogens with zero attached hydrogens (tertiary/aromatic N) is 4. The summed E-state index contributed by atoms with van der Waals surface area (Å²) in [4.78, 5) is 11.9. The third-order valence-electron chi connectivity index (χ3n) is 5.53. The number of aromatic nitrogens is 4. The number of methoxy groups -OCH3 is 1. The normalized spacial score (nSPS) is 20.1. The highest BCUT2D eigenvalue weighted by Crippen LogP contribution is 2.36. The van der Waals surface area contributed by atoms with Crippen molar-refractivity contribution in [2.45, 2.75) is 70.7 Å². The topological polar surface area (TPSA) is 91.2 Å². The number of alkyl halides is 2. The summed E-state index contributed by atoms with van der Waals surface area (Å²) >= 11 is 0. The van der Waals surface area contributed by atoms with Crippen molar-refractivity contribution in [2.24, 2.45) is 5.92 Å². The molecule has 1 saturated carbocycles. The van der Waals surface area contributed by atoms with E-state index < -0.39 is 18.2 Å². The van der Waals surface area contributed by atoms with E-state index in [2.05, 4.69) is 20.8 Å². The van der Waals surface area contributed by atoms with Crippen molar-refractivity contribution in [3.63, 3.8) is 0 Å². The van der Waals surface area contributed by atoms with Crippen LogP contribution in [-0.2, 0) is 15.1 Å². The van der Waals surface area contributed by atoms with Gasteiger partial charge in [0, 0.05) is 18.0 Å². The monoisotopic (exact) mass is 437 g/mol. The van der Waals surface area contributed by atoms with E-state index in [4.69, 9.17) is 9.47 Å². The second-order valence-electron chi connectivity index (χ2n) is 8.71. The van der Waals surface area contributed by atoms with Gasteiger partial charge < -0.3 is 14.8 Å². The third-order valence-corrected chi connectivity index (χ3v) is 5.53. The number of ether oxygens (including phenoxy) is 2. The molecule has 2 aromatic rings. The molecule has 1 heterocycles. The Labute approximate surface area is 180 Å². The van der Waals surface area contributed by atoms with Gasteiger partial charge in [-0.15, -0.1) is 5.10 Å². The number of esters is 1. The number of rotatable bonds is 8. The first-order chi connectivity index (χ1) is 14.7. The zero-order valence-electron chi connectivity index (χ0n) is 18.2. The van der Waals surface area contributed by atoms with E-state index in [1.807, 2.05) is 20.8 Å². The highest BCUT2D eigenvalue weighted by molar-refractivity contribution is 5.69. The minimum atomic E-state index is -2.96. The van der Waals surface area contributed by atoms with E-state index in [0.29, 0.717) is 17.8 Å². The molecule has 1 unspecified atom stereocenters. The largest absolute Gasteiger partial charge is 0.469 e. The summed E-state index contributed by atoms with van der Waals surface area (Å²) in [7, 11) is 1.37. The van der Waals surface area contributed by atoms with Gasteiger partial charge in [0.1, 0.15) is 5.75 Å². The Hall–Kier alpha value is -2.62. The molecule has 0 bridgehead atoms. The van der Waals surface area contributed by atoms with Crippen molar-refractivity contribution in [1.29, 1.82) is 0 Å².